The van der Waals surface area contributed by atoms with Crippen molar-refractivity contribution in [2.75, 3.05) is 55.9 Å². The number of hydrogen-bond acceptors (Lipinski definition) is 9. The van der Waals surface area contributed by atoms with Gasteiger partial charge in [0, 0.05) is 56.7 Å². The largest absolute Gasteiger partial charge is 0.383 e. The number of rotatable bonds is 8. The van der Waals surface area contributed by atoms with Crippen molar-refractivity contribution in [3.05, 3.63) is 40.7 Å². The van der Waals surface area contributed by atoms with Crippen molar-refractivity contribution in [2.24, 2.45) is 0 Å². The highest BCUT2D eigenvalue weighted by atomic mass is 16.5. The van der Waals surface area contributed by atoms with Crippen molar-refractivity contribution in [1.29, 1.82) is 5.26 Å². The fourth-order valence-electron chi connectivity index (χ4n) is 5.44. The van der Waals surface area contributed by atoms with E-state index in [1.807, 2.05) is 24.9 Å². The van der Waals surface area contributed by atoms with Crippen LogP contribution in [0, 0.1) is 11.3 Å². The number of carbonyl (C=O) groups excluding carboxylic acids is 3. The monoisotopic (exact) mass is 532 g/mol. The molecular formula is C27H32N8O4. The third-order valence-electron chi connectivity index (χ3n) is 7.57. The molecule has 0 radical (unpaired) electrons. The maximum atomic E-state index is 13.5. The molecule has 4 aliphatic rings. The molecule has 1 aliphatic carbocycles. The summed E-state index contributed by atoms with van der Waals surface area (Å²) in [5, 5.41) is 15.5. The molecule has 1 saturated carbocycles. The number of aromatic nitrogens is 2. The molecule has 0 aromatic carbocycles. The summed E-state index contributed by atoms with van der Waals surface area (Å²) in [6.45, 7) is 4.38. The van der Waals surface area contributed by atoms with Gasteiger partial charge in [0.25, 0.3) is 0 Å². The van der Waals surface area contributed by atoms with E-state index in [0.717, 1.165) is 24.9 Å². The summed E-state index contributed by atoms with van der Waals surface area (Å²) in [4.78, 5) is 52.3. The van der Waals surface area contributed by atoms with Gasteiger partial charge < -0.3 is 15.0 Å². The number of nitrogens with zero attached hydrogens (tertiary/aromatic N) is 6. The van der Waals surface area contributed by atoms with E-state index in [4.69, 9.17) is 4.74 Å². The zero-order valence-electron chi connectivity index (χ0n) is 22.3. The number of ether oxygens (including phenoxy) is 1. The normalized spacial score (nSPS) is 20.9. The number of carbonyl (C=O) groups is 3. The Morgan fingerprint density at radius 3 is 2.82 bits per heavy atom. The van der Waals surface area contributed by atoms with E-state index in [0.29, 0.717) is 55.2 Å². The number of amides is 3. The lowest BCUT2D eigenvalue weighted by molar-refractivity contribution is -0.136. The number of nitrogens with one attached hydrogen (secondary N) is 2. The van der Waals surface area contributed by atoms with Gasteiger partial charge in [-0.05, 0) is 44.4 Å². The molecule has 1 saturated heterocycles. The van der Waals surface area contributed by atoms with Crippen LogP contribution in [-0.2, 0) is 16.1 Å². The second-order valence-corrected chi connectivity index (χ2v) is 10.5. The first kappa shape index (κ1) is 26.5. The lowest BCUT2D eigenvalue weighted by Crippen LogP contribution is -2.54. The van der Waals surface area contributed by atoms with Gasteiger partial charge in [0.05, 0.1) is 24.4 Å². The molecule has 12 heteroatoms. The Hall–Kier alpha value is -4.08. The molecule has 0 spiro atoms. The Morgan fingerprint density at radius 2 is 2.13 bits per heavy atom. The van der Waals surface area contributed by atoms with Gasteiger partial charge >= 0.3 is 6.03 Å². The van der Waals surface area contributed by atoms with E-state index in [1.165, 1.54) is 6.20 Å². The van der Waals surface area contributed by atoms with Gasteiger partial charge in [0.15, 0.2) is 6.29 Å². The average molecular weight is 533 g/mol. The van der Waals surface area contributed by atoms with Crippen LogP contribution < -0.4 is 15.5 Å². The van der Waals surface area contributed by atoms with Crippen LogP contribution in [-0.4, -0.2) is 90.5 Å². The van der Waals surface area contributed by atoms with Gasteiger partial charge in [0.2, 0.25) is 5.91 Å². The van der Waals surface area contributed by atoms with Gasteiger partial charge in [-0.2, -0.15) is 5.26 Å². The Labute approximate surface area is 226 Å². The highest BCUT2D eigenvalue weighted by Gasteiger charge is 2.46. The van der Waals surface area contributed by atoms with Crippen molar-refractivity contribution in [3.63, 3.8) is 0 Å². The molecule has 2 aromatic heterocycles. The second kappa shape index (κ2) is 11.0. The highest BCUT2D eigenvalue weighted by molar-refractivity contribution is 6.03. The van der Waals surface area contributed by atoms with Crippen LogP contribution in [0.25, 0.3) is 0 Å². The van der Waals surface area contributed by atoms with Crippen molar-refractivity contribution in [2.45, 2.75) is 44.3 Å². The SMILES string of the molecule is COC[C@@H](C)Nc1cc(NC(=O)N2c3nc(C=O)c(CN4CCN(C)CC4=O)cc3C3CC2C3)ncc1C#N. The Morgan fingerprint density at radius 1 is 1.33 bits per heavy atom. The van der Waals surface area contributed by atoms with E-state index >= 15 is 0 Å². The van der Waals surface area contributed by atoms with Crippen LogP contribution in [0.5, 0.6) is 0 Å². The van der Waals surface area contributed by atoms with Crippen molar-refractivity contribution < 1.29 is 19.1 Å². The molecule has 2 N–H and O–H groups in total. The molecule has 2 bridgehead atoms. The average Bonchev–Trinajstić information content (AvgIpc) is 2.88. The minimum absolute atomic E-state index is 0.0171. The number of nitriles is 1. The molecule has 3 amide bonds. The summed E-state index contributed by atoms with van der Waals surface area (Å²) >= 11 is 0. The van der Waals surface area contributed by atoms with Crippen LogP contribution in [0.4, 0.5) is 22.1 Å². The molecule has 39 heavy (non-hydrogen) atoms. The summed E-state index contributed by atoms with van der Waals surface area (Å²) in [6, 6.07) is 5.18. The predicted molar refractivity (Wildman–Crippen MR) is 144 cm³/mol. The van der Waals surface area contributed by atoms with E-state index in [-0.39, 0.29) is 35.4 Å². The first-order chi connectivity index (χ1) is 18.8. The molecule has 5 heterocycles. The molecule has 3 aliphatic heterocycles. The summed E-state index contributed by atoms with van der Waals surface area (Å²) < 4.78 is 5.16. The van der Waals surface area contributed by atoms with Crippen LogP contribution in [0.1, 0.15) is 52.9 Å². The quantitative estimate of drug-likeness (QED) is 0.489. The first-order valence-corrected chi connectivity index (χ1v) is 13.0. The van der Waals surface area contributed by atoms with Crippen LogP contribution in [0.2, 0.25) is 0 Å². The fraction of sp³-hybridized carbons (Fsp3) is 0.481. The Bertz CT molecular complexity index is 1340. The minimum atomic E-state index is -0.404. The van der Waals surface area contributed by atoms with E-state index in [1.54, 1.807) is 23.0 Å². The second-order valence-electron chi connectivity index (χ2n) is 10.5. The third-order valence-corrected chi connectivity index (χ3v) is 7.57. The number of hydrogen-bond donors (Lipinski definition) is 2. The van der Waals surface area contributed by atoms with Crippen molar-refractivity contribution in [3.8, 4) is 6.07 Å². The zero-order valence-corrected chi connectivity index (χ0v) is 22.3. The van der Waals surface area contributed by atoms with Crippen molar-refractivity contribution in [1.82, 2.24) is 19.8 Å². The molecule has 2 fully saturated rings. The molecule has 2 aromatic rings. The fourth-order valence-corrected chi connectivity index (χ4v) is 5.44. The summed E-state index contributed by atoms with van der Waals surface area (Å²) in [7, 11) is 3.51. The van der Waals surface area contributed by atoms with Gasteiger partial charge in [-0.15, -0.1) is 0 Å². The first-order valence-electron chi connectivity index (χ1n) is 13.0. The van der Waals surface area contributed by atoms with Crippen LogP contribution in [0.15, 0.2) is 18.3 Å². The maximum absolute atomic E-state index is 13.5. The lowest BCUT2D eigenvalue weighted by atomic mass is 9.71. The zero-order chi connectivity index (χ0) is 27.7. The number of anilines is 3. The number of pyridine rings is 2. The third kappa shape index (κ3) is 5.28. The van der Waals surface area contributed by atoms with Gasteiger partial charge in [-0.3, -0.25) is 24.7 Å². The molecule has 1 atom stereocenters. The molecule has 204 valence electrons. The molecule has 6 rings (SSSR count). The highest BCUT2D eigenvalue weighted by Crippen LogP contribution is 2.50. The van der Waals surface area contributed by atoms with Gasteiger partial charge in [-0.25, -0.2) is 14.8 Å². The topological polar surface area (TPSA) is 144 Å². The number of urea groups is 1. The van der Waals surface area contributed by atoms with E-state index in [9.17, 15) is 19.6 Å². The minimum Gasteiger partial charge on any atom is -0.383 e. The van der Waals surface area contributed by atoms with E-state index < -0.39 is 6.03 Å². The lowest BCUT2D eigenvalue weighted by Gasteiger charge is -2.49. The van der Waals surface area contributed by atoms with E-state index in [2.05, 4.69) is 26.7 Å². The maximum Gasteiger partial charge on any atom is 0.328 e. The summed E-state index contributed by atoms with van der Waals surface area (Å²) in [5.41, 5.74) is 2.74. The molecule has 0 unspecified atom stereocenters. The predicted octanol–water partition coefficient (Wildman–Crippen LogP) is 2.18. The standard InChI is InChI=1S/C27H32N8O4/c1-16(15-39-3)30-22-9-24(29-11-19(22)10-28)32-27(38)35-20-6-17(7-20)21-8-18(23(14-36)31-26(21)35)12-34-5-4-33(2)13-25(34)37/h8-9,11,14,16-17,20H,4-7,12-13,15H2,1-3H3,(H2,29,30,32,38)/t16-,17?,20?/m1/s1. The number of aldehydes is 1. The Kier molecular flexibility index (Phi) is 7.45. The van der Waals surface area contributed by atoms with Gasteiger partial charge in [-0.1, -0.05) is 0 Å². The Balaban J connectivity index is 1.38. The number of piperazine rings is 1. The summed E-state index contributed by atoms with van der Waals surface area (Å²) in [6.07, 6.45) is 3.71. The van der Waals surface area contributed by atoms with Crippen LogP contribution in [0.3, 0.4) is 0 Å². The smallest absolute Gasteiger partial charge is 0.328 e. The van der Waals surface area contributed by atoms with Crippen LogP contribution >= 0.6 is 0 Å². The summed E-state index contributed by atoms with van der Waals surface area (Å²) in [5.74, 6) is 1.03. The van der Waals surface area contributed by atoms with Gasteiger partial charge in [0.1, 0.15) is 23.4 Å². The molecule has 12 nitrogen and oxygen atoms in total. The molecular weight excluding hydrogens is 500 g/mol. The number of likely N-dealkylation sites (N-methyl/N-ethyl adjacent to an activating group) is 1. The number of methoxy groups -OCH3 is 1. The van der Waals surface area contributed by atoms with Crippen molar-refractivity contribution >= 4 is 35.5 Å².